The molecule has 0 aliphatic heterocycles. The Balaban J connectivity index is 1.82. The molecule has 0 atom stereocenters. The smallest absolute Gasteiger partial charge is 0.224 e. The van der Waals surface area contributed by atoms with Crippen molar-refractivity contribution in [3.63, 3.8) is 0 Å². The highest BCUT2D eigenvalue weighted by Crippen LogP contribution is 2.26. The number of aromatic nitrogens is 2. The van der Waals surface area contributed by atoms with Crippen LogP contribution in [0.5, 0.6) is 11.6 Å². The van der Waals surface area contributed by atoms with Gasteiger partial charge in [-0.2, -0.15) is 5.26 Å². The molecule has 7 heteroatoms. The number of hydrogen-bond donors (Lipinski definition) is 1. The van der Waals surface area contributed by atoms with Crippen molar-refractivity contribution in [1.82, 2.24) is 9.97 Å². The summed E-state index contributed by atoms with van der Waals surface area (Å²) in [6.07, 6.45) is 1.51. The van der Waals surface area contributed by atoms with E-state index in [0.717, 1.165) is 17.8 Å². The molecule has 0 aliphatic carbocycles. The zero-order chi connectivity index (χ0) is 18.5. The highest BCUT2D eigenvalue weighted by molar-refractivity contribution is 5.52. The summed E-state index contributed by atoms with van der Waals surface area (Å²) in [4.78, 5) is 8.40. The molecule has 0 unspecified atom stereocenters. The van der Waals surface area contributed by atoms with Gasteiger partial charge in [0.1, 0.15) is 17.7 Å². The van der Waals surface area contributed by atoms with Crippen molar-refractivity contribution in [1.29, 1.82) is 5.26 Å². The maximum Gasteiger partial charge on any atom is 0.224 e. The number of nitriles is 1. The van der Waals surface area contributed by atoms with Crippen LogP contribution in [0, 0.1) is 29.9 Å². The highest BCUT2D eigenvalue weighted by Gasteiger charge is 2.12. The van der Waals surface area contributed by atoms with Gasteiger partial charge in [0.25, 0.3) is 0 Å². The third-order valence-electron chi connectivity index (χ3n) is 3.55. The molecule has 1 aromatic carbocycles. The zero-order valence-corrected chi connectivity index (χ0v) is 13.8. The van der Waals surface area contributed by atoms with Crippen molar-refractivity contribution in [3.8, 4) is 17.7 Å². The summed E-state index contributed by atoms with van der Waals surface area (Å²) < 4.78 is 32.3. The molecule has 3 aromatic rings. The van der Waals surface area contributed by atoms with Crippen LogP contribution in [0.2, 0.25) is 0 Å². The third-order valence-corrected chi connectivity index (χ3v) is 3.55. The lowest BCUT2D eigenvalue weighted by molar-refractivity contribution is 0.419. The van der Waals surface area contributed by atoms with Crippen LogP contribution >= 0.6 is 0 Å². The molecule has 1 N–H and O–H groups in total. The first-order valence-electron chi connectivity index (χ1n) is 7.75. The van der Waals surface area contributed by atoms with E-state index in [-0.39, 0.29) is 18.2 Å². The van der Waals surface area contributed by atoms with Gasteiger partial charge in [-0.25, -0.2) is 18.7 Å². The van der Waals surface area contributed by atoms with Crippen LogP contribution in [0.3, 0.4) is 0 Å². The SMILES string of the molecule is Cc1ccc(C#N)c(NCc2cccnc2Oc2ccc(F)cc2F)n1. The normalized spacial score (nSPS) is 10.2. The molecule has 0 fully saturated rings. The van der Waals surface area contributed by atoms with E-state index in [1.54, 1.807) is 24.3 Å². The number of halogens is 2. The van der Waals surface area contributed by atoms with Crippen molar-refractivity contribution >= 4 is 5.82 Å². The van der Waals surface area contributed by atoms with Gasteiger partial charge in [-0.1, -0.05) is 6.07 Å². The lowest BCUT2D eigenvalue weighted by atomic mass is 10.2. The summed E-state index contributed by atoms with van der Waals surface area (Å²) in [5, 5.41) is 12.2. The fourth-order valence-electron chi connectivity index (χ4n) is 2.27. The van der Waals surface area contributed by atoms with Crippen LogP contribution in [0.4, 0.5) is 14.6 Å². The van der Waals surface area contributed by atoms with Crippen LogP contribution in [-0.2, 0) is 6.54 Å². The first-order chi connectivity index (χ1) is 12.6. The molecule has 3 rings (SSSR count). The second-order valence-electron chi connectivity index (χ2n) is 5.46. The highest BCUT2D eigenvalue weighted by atomic mass is 19.1. The number of aryl methyl sites for hydroxylation is 1. The Morgan fingerprint density at radius 3 is 2.81 bits per heavy atom. The van der Waals surface area contributed by atoms with Gasteiger partial charge in [0.05, 0.1) is 5.56 Å². The molecular weight excluding hydrogens is 338 g/mol. The molecule has 0 spiro atoms. The number of benzene rings is 1. The van der Waals surface area contributed by atoms with Gasteiger partial charge in [0, 0.05) is 30.1 Å². The van der Waals surface area contributed by atoms with Crippen molar-refractivity contribution in [3.05, 3.63) is 77.1 Å². The zero-order valence-electron chi connectivity index (χ0n) is 13.8. The molecule has 26 heavy (non-hydrogen) atoms. The van der Waals surface area contributed by atoms with Crippen LogP contribution in [0.15, 0.2) is 48.7 Å². The van der Waals surface area contributed by atoms with E-state index in [0.29, 0.717) is 16.9 Å². The standard InChI is InChI=1S/C19H14F2N4O/c1-12-4-5-13(10-22)18(25-12)24-11-14-3-2-8-23-19(14)26-17-7-6-15(20)9-16(17)21/h2-9H,11H2,1H3,(H,24,25). The minimum Gasteiger partial charge on any atom is -0.436 e. The number of nitrogens with zero attached hydrogens (tertiary/aromatic N) is 3. The lowest BCUT2D eigenvalue weighted by Crippen LogP contribution is -2.06. The Morgan fingerprint density at radius 1 is 1.19 bits per heavy atom. The Bertz CT molecular complexity index is 986. The average molecular weight is 352 g/mol. The predicted molar refractivity (Wildman–Crippen MR) is 91.7 cm³/mol. The first-order valence-corrected chi connectivity index (χ1v) is 7.75. The number of hydrogen-bond acceptors (Lipinski definition) is 5. The van der Waals surface area contributed by atoms with Crippen LogP contribution in [0.1, 0.15) is 16.8 Å². The van der Waals surface area contributed by atoms with E-state index >= 15 is 0 Å². The van der Waals surface area contributed by atoms with Crippen molar-refractivity contribution in [2.45, 2.75) is 13.5 Å². The molecule has 0 amide bonds. The fourth-order valence-corrected chi connectivity index (χ4v) is 2.27. The number of ether oxygens (including phenoxy) is 1. The van der Waals surface area contributed by atoms with E-state index in [4.69, 9.17) is 10.00 Å². The lowest BCUT2D eigenvalue weighted by Gasteiger charge is -2.12. The van der Waals surface area contributed by atoms with Crippen molar-refractivity contribution < 1.29 is 13.5 Å². The minimum atomic E-state index is -0.818. The van der Waals surface area contributed by atoms with E-state index in [9.17, 15) is 8.78 Å². The summed E-state index contributed by atoms with van der Waals surface area (Å²) in [6, 6.07) is 12.0. The van der Waals surface area contributed by atoms with Crippen molar-refractivity contribution in [2.24, 2.45) is 0 Å². The first kappa shape index (κ1) is 17.3. The molecule has 130 valence electrons. The summed E-state index contributed by atoms with van der Waals surface area (Å²) in [7, 11) is 0. The Kier molecular flexibility index (Phi) is 5.04. The number of rotatable bonds is 5. The summed E-state index contributed by atoms with van der Waals surface area (Å²) >= 11 is 0. The maximum absolute atomic E-state index is 13.8. The fraction of sp³-hybridized carbons (Fsp3) is 0.105. The molecule has 0 saturated carbocycles. The third kappa shape index (κ3) is 3.92. The van der Waals surface area contributed by atoms with Gasteiger partial charge in [0.2, 0.25) is 5.88 Å². The maximum atomic E-state index is 13.8. The van der Waals surface area contributed by atoms with Gasteiger partial charge in [-0.15, -0.1) is 0 Å². The van der Waals surface area contributed by atoms with Gasteiger partial charge in [-0.05, 0) is 37.3 Å². The quantitative estimate of drug-likeness (QED) is 0.740. The van der Waals surface area contributed by atoms with E-state index in [2.05, 4.69) is 21.4 Å². The Morgan fingerprint density at radius 2 is 2.04 bits per heavy atom. The molecule has 5 nitrogen and oxygen atoms in total. The second kappa shape index (κ2) is 7.57. The average Bonchev–Trinajstić information content (AvgIpc) is 2.63. The Labute approximate surface area is 148 Å². The molecule has 0 aliphatic rings. The topological polar surface area (TPSA) is 70.8 Å². The van der Waals surface area contributed by atoms with Gasteiger partial charge >= 0.3 is 0 Å². The molecule has 2 aromatic heterocycles. The molecule has 0 saturated heterocycles. The second-order valence-corrected chi connectivity index (χ2v) is 5.46. The minimum absolute atomic E-state index is 0.127. The molecule has 0 radical (unpaired) electrons. The molecule has 2 heterocycles. The molecular formula is C19H14F2N4O. The van der Waals surface area contributed by atoms with Gasteiger partial charge in [0.15, 0.2) is 11.6 Å². The number of nitrogens with one attached hydrogen (secondary N) is 1. The predicted octanol–water partition coefficient (Wildman–Crippen LogP) is 4.34. The van der Waals surface area contributed by atoms with E-state index < -0.39 is 11.6 Å². The number of pyridine rings is 2. The summed E-state index contributed by atoms with van der Waals surface area (Å²) in [5.74, 6) is -1.02. The van der Waals surface area contributed by atoms with Gasteiger partial charge in [-0.3, -0.25) is 0 Å². The van der Waals surface area contributed by atoms with E-state index in [1.165, 1.54) is 12.3 Å². The van der Waals surface area contributed by atoms with Crippen LogP contribution < -0.4 is 10.1 Å². The summed E-state index contributed by atoms with van der Waals surface area (Å²) in [6.45, 7) is 2.08. The van der Waals surface area contributed by atoms with Crippen LogP contribution in [0.25, 0.3) is 0 Å². The molecule has 0 bridgehead atoms. The van der Waals surface area contributed by atoms with Crippen molar-refractivity contribution in [2.75, 3.05) is 5.32 Å². The largest absolute Gasteiger partial charge is 0.436 e. The van der Waals surface area contributed by atoms with Gasteiger partial charge < -0.3 is 10.1 Å². The monoisotopic (exact) mass is 352 g/mol. The summed E-state index contributed by atoms with van der Waals surface area (Å²) in [5.41, 5.74) is 1.80. The van der Waals surface area contributed by atoms with E-state index in [1.807, 2.05) is 6.92 Å². The Hall–Kier alpha value is -3.53. The number of anilines is 1. The van der Waals surface area contributed by atoms with Crippen LogP contribution in [-0.4, -0.2) is 9.97 Å².